The first-order valence-electron chi connectivity index (χ1n) is 8.15. The zero-order chi connectivity index (χ0) is 18.3. The molecule has 0 bridgehead atoms. The highest BCUT2D eigenvalue weighted by Crippen LogP contribution is 2.14. The van der Waals surface area contributed by atoms with E-state index in [9.17, 15) is 13.2 Å². The number of nitrogens with one attached hydrogen (secondary N) is 1. The van der Waals surface area contributed by atoms with Crippen molar-refractivity contribution in [3.8, 4) is 0 Å². The fraction of sp³-hybridized carbons (Fsp3) is 0.316. The lowest BCUT2D eigenvalue weighted by molar-refractivity contribution is -0.145. The Kier molecular flexibility index (Phi) is 6.73. The first kappa shape index (κ1) is 19.1. The molecule has 0 aliphatic heterocycles. The maximum Gasteiger partial charge on any atom is 0.306 e. The highest BCUT2D eigenvalue weighted by atomic mass is 32.2. The first-order chi connectivity index (χ1) is 11.9. The predicted molar refractivity (Wildman–Crippen MR) is 96.6 cm³/mol. The van der Waals surface area contributed by atoms with Gasteiger partial charge in [0.15, 0.2) is 0 Å². The molecule has 0 amide bonds. The molecule has 0 saturated heterocycles. The Bertz CT molecular complexity index is 817. The molecule has 2 aromatic rings. The molecule has 2 aromatic carbocycles. The number of hydrogen-bond donors (Lipinski definition) is 1. The van der Waals surface area contributed by atoms with E-state index < -0.39 is 10.0 Å². The summed E-state index contributed by atoms with van der Waals surface area (Å²) in [5.41, 5.74) is 2.89. The summed E-state index contributed by atoms with van der Waals surface area (Å²) >= 11 is 0. The van der Waals surface area contributed by atoms with Crippen molar-refractivity contribution >= 4 is 16.0 Å². The Morgan fingerprint density at radius 1 is 1.04 bits per heavy atom. The quantitative estimate of drug-likeness (QED) is 0.579. The molecule has 0 heterocycles. The summed E-state index contributed by atoms with van der Waals surface area (Å²) in [6, 6.07) is 14.4. The zero-order valence-corrected chi connectivity index (χ0v) is 15.3. The van der Waals surface area contributed by atoms with E-state index in [1.54, 1.807) is 18.2 Å². The summed E-state index contributed by atoms with van der Waals surface area (Å²) in [6.45, 7) is 4.22. The molecule has 0 atom stereocenters. The lowest BCUT2D eigenvalue weighted by atomic mass is 10.1. The summed E-state index contributed by atoms with van der Waals surface area (Å²) in [7, 11) is -3.55. The van der Waals surface area contributed by atoms with Gasteiger partial charge in [-0.05, 0) is 49.1 Å². The molecule has 0 aliphatic rings. The van der Waals surface area contributed by atoms with E-state index in [2.05, 4.69) is 4.72 Å². The summed E-state index contributed by atoms with van der Waals surface area (Å²) < 4.78 is 32.1. The Morgan fingerprint density at radius 3 is 2.44 bits per heavy atom. The van der Waals surface area contributed by atoms with Crippen molar-refractivity contribution < 1.29 is 17.9 Å². The molecule has 1 N–H and O–H groups in total. The number of esters is 1. The number of carbonyl (C=O) groups is 1. The van der Waals surface area contributed by atoms with Crippen LogP contribution in [0.2, 0.25) is 0 Å². The standard InChI is InChI=1S/C19H23NO4S/c1-15-10-11-18(13-16(15)2)25(22,23)20-12-6-9-19(21)24-14-17-7-4-3-5-8-17/h3-5,7-8,10-11,13,20H,6,9,12,14H2,1-2H3. The van der Waals surface area contributed by atoms with Crippen LogP contribution >= 0.6 is 0 Å². The largest absolute Gasteiger partial charge is 0.461 e. The SMILES string of the molecule is Cc1ccc(S(=O)(=O)NCCCC(=O)OCc2ccccc2)cc1C. The van der Waals surface area contributed by atoms with Crippen LogP contribution < -0.4 is 4.72 Å². The molecule has 2 rings (SSSR count). The molecule has 0 spiro atoms. The van der Waals surface area contributed by atoms with Crippen LogP contribution in [0.4, 0.5) is 0 Å². The van der Waals surface area contributed by atoms with Crippen molar-refractivity contribution in [2.24, 2.45) is 0 Å². The van der Waals surface area contributed by atoms with Crippen molar-refractivity contribution in [1.29, 1.82) is 0 Å². The molecule has 134 valence electrons. The number of hydrogen-bond acceptors (Lipinski definition) is 4. The van der Waals surface area contributed by atoms with Gasteiger partial charge in [-0.1, -0.05) is 36.4 Å². The maximum absolute atomic E-state index is 12.2. The minimum atomic E-state index is -3.55. The second-order valence-corrected chi connectivity index (χ2v) is 7.66. The monoisotopic (exact) mass is 361 g/mol. The third-order valence-electron chi connectivity index (χ3n) is 3.88. The van der Waals surface area contributed by atoms with Crippen molar-refractivity contribution in [3.05, 3.63) is 65.2 Å². The molecular formula is C19H23NO4S. The number of sulfonamides is 1. The highest BCUT2D eigenvalue weighted by Gasteiger charge is 2.14. The smallest absolute Gasteiger partial charge is 0.306 e. The molecule has 25 heavy (non-hydrogen) atoms. The number of rotatable bonds is 8. The van der Waals surface area contributed by atoms with Crippen molar-refractivity contribution in [2.75, 3.05) is 6.54 Å². The number of carbonyl (C=O) groups excluding carboxylic acids is 1. The van der Waals surface area contributed by atoms with Gasteiger partial charge >= 0.3 is 5.97 Å². The third-order valence-corrected chi connectivity index (χ3v) is 5.34. The van der Waals surface area contributed by atoms with Gasteiger partial charge in [0, 0.05) is 13.0 Å². The van der Waals surface area contributed by atoms with Gasteiger partial charge in [0.25, 0.3) is 0 Å². The fourth-order valence-corrected chi connectivity index (χ4v) is 3.37. The summed E-state index contributed by atoms with van der Waals surface area (Å²) in [6.07, 6.45) is 0.556. The van der Waals surface area contributed by atoms with E-state index in [4.69, 9.17) is 4.74 Å². The third kappa shape index (κ3) is 5.99. The minimum absolute atomic E-state index is 0.169. The first-order valence-corrected chi connectivity index (χ1v) is 9.63. The van der Waals surface area contributed by atoms with Crippen LogP contribution in [-0.2, 0) is 26.2 Å². The van der Waals surface area contributed by atoms with Gasteiger partial charge in [0.1, 0.15) is 6.61 Å². The van der Waals surface area contributed by atoms with E-state index in [0.29, 0.717) is 6.42 Å². The Balaban J connectivity index is 1.74. The fourth-order valence-electron chi connectivity index (χ4n) is 2.21. The lowest BCUT2D eigenvalue weighted by Crippen LogP contribution is -2.25. The zero-order valence-electron chi connectivity index (χ0n) is 14.5. The predicted octanol–water partition coefficient (Wildman–Crippen LogP) is 3.11. The van der Waals surface area contributed by atoms with Gasteiger partial charge in [0.05, 0.1) is 4.90 Å². The Hall–Kier alpha value is -2.18. The van der Waals surface area contributed by atoms with Crippen molar-refractivity contribution in [1.82, 2.24) is 4.72 Å². The molecule has 0 fully saturated rings. The molecule has 5 nitrogen and oxygen atoms in total. The minimum Gasteiger partial charge on any atom is -0.461 e. The van der Waals surface area contributed by atoms with Gasteiger partial charge in [-0.25, -0.2) is 13.1 Å². The van der Waals surface area contributed by atoms with E-state index in [0.717, 1.165) is 16.7 Å². The van der Waals surface area contributed by atoms with Gasteiger partial charge in [-0.2, -0.15) is 0 Å². The number of aryl methyl sites for hydroxylation is 2. The van der Waals surface area contributed by atoms with Crippen LogP contribution in [0, 0.1) is 13.8 Å². The van der Waals surface area contributed by atoms with Crippen LogP contribution in [0.3, 0.4) is 0 Å². The van der Waals surface area contributed by atoms with Crippen LogP contribution in [0.15, 0.2) is 53.4 Å². The number of benzene rings is 2. The average Bonchev–Trinajstić information content (AvgIpc) is 2.60. The van der Waals surface area contributed by atoms with Crippen LogP contribution in [0.1, 0.15) is 29.5 Å². The van der Waals surface area contributed by atoms with Gasteiger partial charge < -0.3 is 4.74 Å². The van der Waals surface area contributed by atoms with Crippen LogP contribution in [0.25, 0.3) is 0 Å². The van der Waals surface area contributed by atoms with Crippen molar-refractivity contribution in [2.45, 2.75) is 38.2 Å². The lowest BCUT2D eigenvalue weighted by Gasteiger charge is -2.09. The molecule has 0 unspecified atom stereocenters. The molecule has 0 radical (unpaired) electrons. The summed E-state index contributed by atoms with van der Waals surface area (Å²) in [4.78, 5) is 11.9. The van der Waals surface area contributed by atoms with E-state index >= 15 is 0 Å². The van der Waals surface area contributed by atoms with Gasteiger partial charge in [-0.15, -0.1) is 0 Å². The van der Waals surface area contributed by atoms with E-state index in [1.807, 2.05) is 44.2 Å². The van der Waals surface area contributed by atoms with Gasteiger partial charge in [0.2, 0.25) is 10.0 Å². The molecule has 0 aromatic heterocycles. The Morgan fingerprint density at radius 2 is 1.76 bits per heavy atom. The summed E-state index contributed by atoms with van der Waals surface area (Å²) in [5, 5.41) is 0. The van der Waals surface area contributed by atoms with E-state index in [1.165, 1.54) is 0 Å². The molecule has 0 aliphatic carbocycles. The summed E-state index contributed by atoms with van der Waals surface area (Å²) in [5.74, 6) is -0.339. The Labute approximate surface area is 149 Å². The highest BCUT2D eigenvalue weighted by molar-refractivity contribution is 7.89. The van der Waals surface area contributed by atoms with Crippen molar-refractivity contribution in [3.63, 3.8) is 0 Å². The average molecular weight is 361 g/mol. The maximum atomic E-state index is 12.2. The number of ether oxygens (including phenoxy) is 1. The van der Waals surface area contributed by atoms with E-state index in [-0.39, 0.29) is 30.4 Å². The second kappa shape index (κ2) is 8.78. The molecule has 0 saturated carbocycles. The normalized spacial score (nSPS) is 11.3. The van der Waals surface area contributed by atoms with Crippen LogP contribution in [-0.4, -0.2) is 20.9 Å². The van der Waals surface area contributed by atoms with Crippen LogP contribution in [0.5, 0.6) is 0 Å². The van der Waals surface area contributed by atoms with Gasteiger partial charge in [-0.3, -0.25) is 4.79 Å². The topological polar surface area (TPSA) is 72.5 Å². The molecular weight excluding hydrogens is 338 g/mol. The molecule has 6 heteroatoms. The second-order valence-electron chi connectivity index (χ2n) is 5.89.